The number of nitrogens with one attached hydrogen (secondary N) is 1. The first-order chi connectivity index (χ1) is 10.4. The topological polar surface area (TPSA) is 34.1 Å². The number of fused-ring (bicyclic) bond motifs is 1. The van der Waals surface area contributed by atoms with E-state index in [1.807, 2.05) is 37.5 Å². The van der Waals surface area contributed by atoms with Gasteiger partial charge in [-0.1, -0.05) is 24.3 Å². The van der Waals surface area contributed by atoms with Gasteiger partial charge in [0, 0.05) is 36.1 Å². The standard InChI is InChI=1S/C18H18N2O/c1-2-21-17-8-4-7-16(11-17)20-13-15-6-3-5-14-12-19-10-9-18(14)15/h3-12,20H,2,13H2,1H3. The molecule has 1 heterocycles. The Labute approximate surface area is 124 Å². The van der Waals surface area contributed by atoms with Crippen LogP contribution in [0.25, 0.3) is 10.8 Å². The largest absolute Gasteiger partial charge is 0.494 e. The zero-order chi connectivity index (χ0) is 14.5. The van der Waals surface area contributed by atoms with Crippen molar-refractivity contribution in [3.8, 4) is 5.75 Å². The van der Waals surface area contributed by atoms with E-state index < -0.39 is 0 Å². The summed E-state index contributed by atoms with van der Waals surface area (Å²) in [6.45, 7) is 3.45. The molecule has 0 saturated carbocycles. The first-order valence-corrected chi connectivity index (χ1v) is 7.15. The number of benzene rings is 2. The fourth-order valence-corrected chi connectivity index (χ4v) is 2.40. The quantitative estimate of drug-likeness (QED) is 0.757. The van der Waals surface area contributed by atoms with E-state index in [1.165, 1.54) is 16.3 Å². The molecule has 0 aliphatic heterocycles. The molecule has 0 saturated heterocycles. The highest BCUT2D eigenvalue weighted by atomic mass is 16.5. The van der Waals surface area contributed by atoms with Crippen molar-refractivity contribution in [2.75, 3.05) is 11.9 Å². The number of hydrogen-bond donors (Lipinski definition) is 1. The molecule has 3 rings (SSSR count). The first-order valence-electron chi connectivity index (χ1n) is 7.15. The van der Waals surface area contributed by atoms with Gasteiger partial charge in [-0.15, -0.1) is 0 Å². The predicted octanol–water partition coefficient (Wildman–Crippen LogP) is 4.25. The smallest absolute Gasteiger partial charge is 0.121 e. The third-order valence-electron chi connectivity index (χ3n) is 3.40. The Bertz CT molecular complexity index is 735. The van der Waals surface area contributed by atoms with Crippen molar-refractivity contribution < 1.29 is 4.74 Å². The lowest BCUT2D eigenvalue weighted by Gasteiger charge is -2.10. The predicted molar refractivity (Wildman–Crippen MR) is 86.7 cm³/mol. The Kier molecular flexibility index (Phi) is 4.01. The molecular formula is C18H18N2O. The van der Waals surface area contributed by atoms with E-state index in [0.717, 1.165) is 18.0 Å². The fraction of sp³-hybridized carbons (Fsp3) is 0.167. The van der Waals surface area contributed by atoms with Crippen molar-refractivity contribution in [2.45, 2.75) is 13.5 Å². The van der Waals surface area contributed by atoms with Gasteiger partial charge in [-0.2, -0.15) is 0 Å². The second-order valence-electron chi connectivity index (χ2n) is 4.83. The van der Waals surface area contributed by atoms with E-state index in [1.54, 1.807) is 0 Å². The molecule has 0 fully saturated rings. The number of nitrogens with zero attached hydrogens (tertiary/aromatic N) is 1. The molecule has 0 aliphatic carbocycles. The maximum absolute atomic E-state index is 5.52. The van der Waals surface area contributed by atoms with Crippen LogP contribution in [-0.2, 0) is 6.54 Å². The van der Waals surface area contributed by atoms with Crippen LogP contribution < -0.4 is 10.1 Å². The van der Waals surface area contributed by atoms with Crippen molar-refractivity contribution >= 4 is 16.5 Å². The van der Waals surface area contributed by atoms with Crippen molar-refractivity contribution in [3.05, 3.63) is 66.5 Å². The molecule has 0 spiro atoms. The van der Waals surface area contributed by atoms with Crippen LogP contribution in [0.4, 0.5) is 5.69 Å². The summed E-state index contributed by atoms with van der Waals surface area (Å²) in [4.78, 5) is 4.17. The molecule has 3 aromatic rings. The lowest BCUT2D eigenvalue weighted by Crippen LogP contribution is -2.00. The van der Waals surface area contributed by atoms with Gasteiger partial charge in [-0.05, 0) is 36.1 Å². The number of ether oxygens (including phenoxy) is 1. The van der Waals surface area contributed by atoms with Crippen LogP contribution in [0.3, 0.4) is 0 Å². The average Bonchev–Trinajstić information content (AvgIpc) is 2.53. The summed E-state index contributed by atoms with van der Waals surface area (Å²) in [5, 5.41) is 5.86. The summed E-state index contributed by atoms with van der Waals surface area (Å²) in [6, 6.07) is 16.4. The minimum absolute atomic E-state index is 0.680. The second kappa shape index (κ2) is 6.27. The Morgan fingerprint density at radius 1 is 1.10 bits per heavy atom. The van der Waals surface area contributed by atoms with Crippen LogP contribution >= 0.6 is 0 Å². The van der Waals surface area contributed by atoms with E-state index in [9.17, 15) is 0 Å². The minimum Gasteiger partial charge on any atom is -0.494 e. The highest BCUT2D eigenvalue weighted by Crippen LogP contribution is 2.21. The van der Waals surface area contributed by atoms with Gasteiger partial charge in [0.25, 0.3) is 0 Å². The van der Waals surface area contributed by atoms with Gasteiger partial charge in [0.05, 0.1) is 6.61 Å². The molecule has 3 nitrogen and oxygen atoms in total. The second-order valence-corrected chi connectivity index (χ2v) is 4.83. The molecule has 1 N–H and O–H groups in total. The number of anilines is 1. The number of rotatable bonds is 5. The van der Waals surface area contributed by atoms with Gasteiger partial charge in [0.1, 0.15) is 5.75 Å². The Hall–Kier alpha value is -2.55. The van der Waals surface area contributed by atoms with Crippen LogP contribution in [0.5, 0.6) is 5.75 Å². The molecule has 0 atom stereocenters. The SMILES string of the molecule is CCOc1cccc(NCc2cccc3cnccc23)c1. The van der Waals surface area contributed by atoms with Crippen LogP contribution in [0.15, 0.2) is 60.9 Å². The van der Waals surface area contributed by atoms with E-state index in [2.05, 4.69) is 40.6 Å². The third-order valence-corrected chi connectivity index (χ3v) is 3.40. The normalized spacial score (nSPS) is 10.5. The monoisotopic (exact) mass is 278 g/mol. The summed E-state index contributed by atoms with van der Waals surface area (Å²) in [6.07, 6.45) is 3.73. The Balaban J connectivity index is 1.79. The van der Waals surface area contributed by atoms with Crippen LogP contribution in [0, 0.1) is 0 Å². The Morgan fingerprint density at radius 3 is 2.90 bits per heavy atom. The zero-order valence-corrected chi connectivity index (χ0v) is 12.0. The highest BCUT2D eigenvalue weighted by Gasteiger charge is 2.01. The number of aromatic nitrogens is 1. The van der Waals surface area contributed by atoms with Gasteiger partial charge in [0.2, 0.25) is 0 Å². The van der Waals surface area contributed by atoms with Crippen LogP contribution in [0.2, 0.25) is 0 Å². The molecule has 3 heteroatoms. The van der Waals surface area contributed by atoms with Gasteiger partial charge < -0.3 is 10.1 Å². The molecule has 21 heavy (non-hydrogen) atoms. The summed E-state index contributed by atoms with van der Waals surface area (Å²) >= 11 is 0. The number of pyridine rings is 1. The summed E-state index contributed by atoms with van der Waals surface area (Å²) in [5.41, 5.74) is 2.32. The van der Waals surface area contributed by atoms with Crippen LogP contribution in [-0.4, -0.2) is 11.6 Å². The summed E-state index contributed by atoms with van der Waals surface area (Å²) in [5.74, 6) is 0.893. The van der Waals surface area contributed by atoms with Crippen molar-refractivity contribution in [1.29, 1.82) is 0 Å². The molecule has 2 aromatic carbocycles. The summed E-state index contributed by atoms with van der Waals surface area (Å²) < 4.78 is 5.52. The third kappa shape index (κ3) is 3.14. The minimum atomic E-state index is 0.680. The molecule has 0 radical (unpaired) electrons. The lowest BCUT2D eigenvalue weighted by molar-refractivity contribution is 0.340. The maximum atomic E-state index is 5.52. The maximum Gasteiger partial charge on any atom is 0.121 e. The highest BCUT2D eigenvalue weighted by molar-refractivity contribution is 5.84. The lowest BCUT2D eigenvalue weighted by atomic mass is 10.1. The van der Waals surface area contributed by atoms with Crippen molar-refractivity contribution in [1.82, 2.24) is 4.98 Å². The van der Waals surface area contributed by atoms with E-state index >= 15 is 0 Å². The summed E-state index contributed by atoms with van der Waals surface area (Å²) in [7, 11) is 0. The average molecular weight is 278 g/mol. The van der Waals surface area contributed by atoms with Crippen molar-refractivity contribution in [3.63, 3.8) is 0 Å². The molecule has 106 valence electrons. The molecular weight excluding hydrogens is 260 g/mol. The molecule has 0 aliphatic rings. The molecule has 0 unspecified atom stereocenters. The zero-order valence-electron chi connectivity index (χ0n) is 12.0. The van der Waals surface area contributed by atoms with E-state index in [-0.39, 0.29) is 0 Å². The van der Waals surface area contributed by atoms with Gasteiger partial charge in [-0.25, -0.2) is 0 Å². The van der Waals surface area contributed by atoms with Crippen LogP contribution in [0.1, 0.15) is 12.5 Å². The number of hydrogen-bond acceptors (Lipinski definition) is 3. The molecule has 1 aromatic heterocycles. The molecule has 0 amide bonds. The molecule has 0 bridgehead atoms. The van der Waals surface area contributed by atoms with Crippen molar-refractivity contribution in [2.24, 2.45) is 0 Å². The van der Waals surface area contributed by atoms with Gasteiger partial charge in [0.15, 0.2) is 0 Å². The van der Waals surface area contributed by atoms with E-state index in [4.69, 9.17) is 4.74 Å². The first kappa shape index (κ1) is 13.4. The van der Waals surface area contributed by atoms with Gasteiger partial charge in [-0.3, -0.25) is 4.98 Å². The van der Waals surface area contributed by atoms with Gasteiger partial charge >= 0.3 is 0 Å². The fourth-order valence-electron chi connectivity index (χ4n) is 2.40. The Morgan fingerprint density at radius 2 is 2.00 bits per heavy atom. The van der Waals surface area contributed by atoms with E-state index in [0.29, 0.717) is 6.61 Å².